The predicted molar refractivity (Wildman–Crippen MR) is 413 cm³/mol. The predicted octanol–water partition coefficient (Wildman–Crippen LogP) is 5.27. The Morgan fingerprint density at radius 1 is 0.477 bits per heavy atom. The van der Waals surface area contributed by atoms with Crippen molar-refractivity contribution in [3.63, 3.8) is 0 Å². The average Bonchev–Trinajstić information content (AvgIpc) is 0.833. The van der Waals surface area contributed by atoms with Gasteiger partial charge in [-0.15, -0.1) is 52.4 Å². The number of thiol groups is 1. The maximum absolute atomic E-state index is 11.5. The van der Waals surface area contributed by atoms with E-state index >= 15 is 0 Å². The Hall–Kier alpha value is -3.66. The minimum atomic E-state index is -4.76. The third-order valence-electron chi connectivity index (χ3n) is 10.7. The molecule has 19 N–H and O–H groups in total. The molecule has 39 nitrogen and oxygen atoms in total. The van der Waals surface area contributed by atoms with E-state index in [2.05, 4.69) is 150 Å². The van der Waals surface area contributed by atoms with Crippen molar-refractivity contribution in [3.8, 4) is 45.0 Å². The van der Waals surface area contributed by atoms with Crippen LogP contribution in [0.1, 0.15) is 1.43 Å². The van der Waals surface area contributed by atoms with Gasteiger partial charge < -0.3 is 71.2 Å². The number of aliphatic hydroxyl groups is 5. The van der Waals surface area contributed by atoms with Crippen LogP contribution in [0.4, 0.5) is 47.1 Å². The molecular formula is C51H64Cl11KN20O19S5. The van der Waals surface area contributed by atoms with Crippen LogP contribution in [0.15, 0.2) is 72.8 Å². The largest absolute Gasteiger partial charge is 1.00 e. The number of nitrogens with one attached hydrogen (secondary N) is 4. The van der Waals surface area contributed by atoms with Crippen LogP contribution in [0.2, 0.25) is 40.2 Å². The summed E-state index contributed by atoms with van der Waals surface area (Å²) in [6.45, 7) is 1.48. The molecule has 0 amide bonds. The fourth-order valence-electron chi connectivity index (χ4n) is 6.57. The molecule has 0 fully saturated rings. The first-order valence-electron chi connectivity index (χ1n) is 28.1. The molecule has 8 rings (SSSR count). The van der Waals surface area contributed by atoms with Crippen LogP contribution < -0.4 is 95.6 Å². The fraction of sp³-hybridized carbons (Fsp3) is 0.294. The molecule has 0 bridgehead atoms. The molecule has 0 saturated carbocycles. The van der Waals surface area contributed by atoms with E-state index in [0.717, 1.165) is 12.9 Å². The molecule has 0 aliphatic heterocycles. The van der Waals surface area contributed by atoms with Gasteiger partial charge in [0.05, 0.1) is 78.1 Å². The Balaban J connectivity index is 0. The van der Waals surface area contributed by atoms with E-state index in [0.29, 0.717) is 123 Å². The molecular weight excluding hydrogens is 1790 g/mol. The molecule has 4 aromatic heterocycles. The van der Waals surface area contributed by atoms with Gasteiger partial charge in [0.1, 0.15) is 22.8 Å². The van der Waals surface area contributed by atoms with Gasteiger partial charge in [-0.25, -0.2) is 23.1 Å². The van der Waals surface area contributed by atoms with Crippen molar-refractivity contribution < 1.29 is 144 Å². The molecule has 56 heteroatoms. The number of alkyl halides is 1. The Labute approximate surface area is 719 Å². The van der Waals surface area contributed by atoms with Gasteiger partial charge in [0.25, 0.3) is 0 Å². The molecule has 0 atom stereocenters. The quantitative estimate of drug-likeness (QED) is 0.00519. The zero-order valence-electron chi connectivity index (χ0n) is 55.8. The van der Waals surface area contributed by atoms with Crippen LogP contribution in [0, 0.1) is 0 Å². The monoisotopic (exact) mass is 1840 g/mol. The van der Waals surface area contributed by atoms with Crippen molar-refractivity contribution in [1.29, 1.82) is 0 Å². The molecule has 590 valence electrons. The zero-order valence-corrected chi connectivity index (χ0v) is 70.4. The summed E-state index contributed by atoms with van der Waals surface area (Å²) in [7, 11) is 0.271. The first-order valence-corrected chi connectivity index (χ1v) is 39.4. The number of anilines is 8. The van der Waals surface area contributed by atoms with Gasteiger partial charge in [0.2, 0.25) is 33.0 Å². The minimum absolute atomic E-state index is 0. The number of thioether (sulfide) groups is 1. The zero-order chi connectivity index (χ0) is 79.8. The molecule has 107 heavy (non-hydrogen) atoms. The van der Waals surface area contributed by atoms with Crippen LogP contribution in [-0.2, 0) is 63.3 Å². The van der Waals surface area contributed by atoms with Gasteiger partial charge in [0, 0.05) is 100 Å². The molecule has 8 aromatic rings. The van der Waals surface area contributed by atoms with Crippen LogP contribution in [0.3, 0.4) is 0 Å². The number of benzene rings is 4. The number of sulfone groups is 1. The summed E-state index contributed by atoms with van der Waals surface area (Å²) in [6, 6.07) is 20.5. The third kappa shape index (κ3) is 41.1. The SMILES string of the molecule is CO.Nc1nc(NCCCl)nnc1-c1cccc(Cl)c1Cl.Nc1nc(NCCO)nnc1-c1cccc(Cl)c1Cl.Nc1nc(NCCS(=O)(=O)CCO)nnc1-c1cccc(Cl)c1Cl.Nc1nc(NCCSCCO)nnc1-c1cccc(Cl)c1Cl.O=S(=O)(OOOO)OOOOO.O=S(Cl)Cl.OCCS.[H-].[K+]. The molecule has 4 heterocycles. The molecule has 0 saturated heterocycles. The first kappa shape index (κ1) is 103. The van der Waals surface area contributed by atoms with Crippen molar-refractivity contribution in [2.75, 3.05) is 139 Å². The number of halogens is 11. The van der Waals surface area contributed by atoms with Crippen molar-refractivity contribution in [3.05, 3.63) is 113 Å². The standard InChI is InChI=1S/C13H15Cl2N5O3S.C13H15Cl2N5OS.C11H10Cl3N5.C11H11Cl2N5O.C2H6OS.CH4O.Cl2OS.K.H2O11S.H/c14-9-3-1-2-8(10(9)15)11-12(16)18-13(20-19-11)17-4-6-24(22,23)7-5-21;14-9-3-1-2-8(10(9)15)11-12(16)18-13(20-19-11)17-4-6-22-7-5-21;12-4-5-16-11-17-10(15)9(18-19-11)6-2-1-3-7(13)8(6)14;12-7-3-1-2-6(8(7)13)9-10(14)16-11(18-17-9)15-4-5-19;3-1-2-4;1-2;1-4(2)3;;1-5-7-9-11-12(3,4)10-8-6-2;/h1-3,21H,4-7H2,(H3,16,17,18,20);1-3,21H,4-7H2,(H3,16,17,18,20);1-3H,4-5H2,(H3,15,16,17,19);1-3,19H,4-5H2,(H3,14,15,16,18);3-4H,1-2H2;2H,1H3;;;1-2H;/q;;;;;;;+1;;-1. The number of aliphatic hydroxyl groups excluding tert-OH is 5. The maximum atomic E-state index is 11.5. The normalized spacial score (nSPS) is 10.5. The smallest absolute Gasteiger partial charge is 1.00 e. The van der Waals surface area contributed by atoms with E-state index in [4.69, 9.17) is 168 Å². The topological polar surface area (TPSA) is 598 Å². The number of nitrogen functional groups attached to an aromatic ring is 4. The van der Waals surface area contributed by atoms with Crippen molar-refractivity contribution in [1.82, 2.24) is 60.7 Å². The fourth-order valence-corrected chi connectivity index (χ4v) is 9.90. The number of aromatic nitrogens is 12. The third-order valence-corrected chi connectivity index (χ3v) is 17.4. The van der Waals surface area contributed by atoms with E-state index in [1.165, 1.54) is 0 Å². The number of nitrogens with zero attached hydrogens (tertiary/aromatic N) is 12. The molecule has 4 aromatic carbocycles. The molecule has 0 spiro atoms. The van der Waals surface area contributed by atoms with Gasteiger partial charge in [-0.05, 0) is 58.1 Å². The summed E-state index contributed by atoms with van der Waals surface area (Å²) in [5.41, 5.74) is 27.2. The summed E-state index contributed by atoms with van der Waals surface area (Å²) in [6.07, 6.45) is 0. The summed E-state index contributed by atoms with van der Waals surface area (Å²) in [5, 5.41) is 116. The number of nitrogens with two attached hydrogens (primary N) is 4. The minimum Gasteiger partial charge on any atom is -1.00 e. The van der Waals surface area contributed by atoms with E-state index in [9.17, 15) is 16.8 Å². The second-order valence-electron chi connectivity index (χ2n) is 17.7. The van der Waals surface area contributed by atoms with Gasteiger partial charge >= 0.3 is 61.8 Å². The average molecular weight is 1850 g/mol. The summed E-state index contributed by atoms with van der Waals surface area (Å²) < 4.78 is 58.7. The van der Waals surface area contributed by atoms with Crippen LogP contribution in [-0.4, -0.2) is 212 Å². The Kier molecular flexibility index (Phi) is 57.1. The maximum Gasteiger partial charge on any atom is 1.00 e. The van der Waals surface area contributed by atoms with Gasteiger partial charge in [0.15, 0.2) is 33.1 Å². The van der Waals surface area contributed by atoms with Crippen molar-refractivity contribution in [2.24, 2.45) is 0 Å². The van der Waals surface area contributed by atoms with Gasteiger partial charge in [-0.3, -0.25) is 0 Å². The van der Waals surface area contributed by atoms with E-state index < -0.39 is 36.1 Å². The van der Waals surface area contributed by atoms with E-state index in [1.807, 2.05) is 0 Å². The number of hydrogen-bond donors (Lipinski definition) is 16. The van der Waals surface area contributed by atoms with Crippen LogP contribution >= 0.6 is 150 Å². The van der Waals surface area contributed by atoms with Crippen molar-refractivity contribution in [2.45, 2.75) is 0 Å². The second-order valence-corrected chi connectivity index (χ2v) is 28.8. The summed E-state index contributed by atoms with van der Waals surface area (Å²) >= 11 is 59.1. The first-order chi connectivity index (χ1) is 50.5. The molecule has 0 radical (unpaired) electrons. The Morgan fingerprint density at radius 2 is 0.794 bits per heavy atom. The number of rotatable bonds is 30. The summed E-state index contributed by atoms with van der Waals surface area (Å²) in [4.78, 5) is 16.3. The van der Waals surface area contributed by atoms with E-state index in [-0.39, 0.29) is 137 Å². The Morgan fingerprint density at radius 3 is 1.08 bits per heavy atom. The van der Waals surface area contributed by atoms with Gasteiger partial charge in [-0.1, -0.05) is 141 Å². The number of hydrogen-bond acceptors (Lipinski definition) is 41. The van der Waals surface area contributed by atoms with Crippen LogP contribution in [0.5, 0.6) is 0 Å². The second kappa shape index (κ2) is 59.1. The molecule has 0 aliphatic rings. The molecule has 0 unspecified atom stereocenters. The summed E-state index contributed by atoms with van der Waals surface area (Å²) in [5.74, 6) is 3.79. The van der Waals surface area contributed by atoms with E-state index in [1.54, 1.807) is 84.6 Å². The molecule has 0 aliphatic carbocycles. The van der Waals surface area contributed by atoms with Gasteiger partial charge in [-0.2, -0.15) is 52.7 Å². The van der Waals surface area contributed by atoms with Crippen molar-refractivity contribution >= 4 is 227 Å². The van der Waals surface area contributed by atoms with Crippen LogP contribution in [0.25, 0.3) is 45.0 Å². The Bertz CT molecular complexity index is 4090.